The fourth-order valence-electron chi connectivity index (χ4n) is 2.45. The van der Waals surface area contributed by atoms with Gasteiger partial charge in [0.15, 0.2) is 5.13 Å². The molecule has 0 radical (unpaired) electrons. The molecule has 1 N–H and O–H groups in total. The summed E-state index contributed by atoms with van der Waals surface area (Å²) in [6, 6.07) is 9.77. The molecule has 4 nitrogen and oxygen atoms in total. The van der Waals surface area contributed by atoms with Crippen molar-refractivity contribution in [3.05, 3.63) is 64.3 Å². The number of thiazole rings is 1. The van der Waals surface area contributed by atoms with Crippen LogP contribution in [-0.2, 0) is 0 Å². The van der Waals surface area contributed by atoms with E-state index in [9.17, 15) is 4.79 Å². The number of nitrogens with one attached hydrogen (secondary N) is 1. The Bertz CT molecular complexity index is 856. The third kappa shape index (κ3) is 3.29. The Morgan fingerprint density at radius 1 is 1.17 bits per heavy atom. The number of aromatic nitrogens is 2. The molecule has 23 heavy (non-hydrogen) atoms. The van der Waals surface area contributed by atoms with E-state index in [-0.39, 0.29) is 5.91 Å². The first-order valence-corrected chi connectivity index (χ1v) is 8.12. The van der Waals surface area contributed by atoms with Crippen molar-refractivity contribution in [3.8, 4) is 11.3 Å². The Balaban J connectivity index is 1.88. The number of nitrogens with zero attached hydrogens (tertiary/aromatic N) is 2. The van der Waals surface area contributed by atoms with E-state index in [1.807, 2.05) is 6.92 Å². The molecule has 1 aromatic carbocycles. The highest BCUT2D eigenvalue weighted by atomic mass is 32.1. The van der Waals surface area contributed by atoms with Crippen LogP contribution in [0.4, 0.5) is 5.13 Å². The Morgan fingerprint density at radius 2 is 2.00 bits per heavy atom. The quantitative estimate of drug-likeness (QED) is 0.778. The minimum atomic E-state index is -0.195. The van der Waals surface area contributed by atoms with Crippen molar-refractivity contribution < 1.29 is 4.79 Å². The minimum absolute atomic E-state index is 0.195. The van der Waals surface area contributed by atoms with E-state index in [4.69, 9.17) is 0 Å². The van der Waals surface area contributed by atoms with Gasteiger partial charge >= 0.3 is 0 Å². The van der Waals surface area contributed by atoms with Crippen LogP contribution in [0.25, 0.3) is 11.3 Å². The molecule has 2 aromatic heterocycles. The number of anilines is 1. The first-order chi connectivity index (χ1) is 11.0. The molecule has 2 heterocycles. The number of benzene rings is 1. The van der Waals surface area contributed by atoms with Crippen molar-refractivity contribution in [1.82, 2.24) is 9.97 Å². The second kappa shape index (κ2) is 6.30. The van der Waals surface area contributed by atoms with Crippen LogP contribution in [0.3, 0.4) is 0 Å². The van der Waals surface area contributed by atoms with E-state index in [2.05, 4.69) is 47.3 Å². The number of hydrogen-bond acceptors (Lipinski definition) is 4. The summed E-state index contributed by atoms with van der Waals surface area (Å²) in [5.41, 5.74) is 4.96. The third-order valence-corrected chi connectivity index (χ3v) is 4.46. The molecule has 0 spiro atoms. The maximum absolute atomic E-state index is 12.2. The van der Waals surface area contributed by atoms with Crippen LogP contribution in [0.5, 0.6) is 0 Å². The van der Waals surface area contributed by atoms with Crippen molar-refractivity contribution in [2.24, 2.45) is 0 Å². The fourth-order valence-corrected chi connectivity index (χ4v) is 3.27. The zero-order valence-electron chi connectivity index (χ0n) is 13.3. The molecule has 1 amide bonds. The lowest BCUT2D eigenvalue weighted by Crippen LogP contribution is -2.11. The van der Waals surface area contributed by atoms with Gasteiger partial charge in [-0.3, -0.25) is 15.1 Å². The summed E-state index contributed by atoms with van der Waals surface area (Å²) in [6.45, 7) is 6.17. The van der Waals surface area contributed by atoms with Crippen molar-refractivity contribution >= 4 is 22.4 Å². The number of carbonyl (C=O) groups is 1. The highest BCUT2D eigenvalue weighted by Crippen LogP contribution is 2.32. The Hall–Kier alpha value is -2.53. The summed E-state index contributed by atoms with van der Waals surface area (Å²) >= 11 is 1.48. The Kier molecular flexibility index (Phi) is 4.21. The highest BCUT2D eigenvalue weighted by molar-refractivity contribution is 7.16. The first-order valence-electron chi connectivity index (χ1n) is 7.31. The average molecular weight is 323 g/mol. The second-order valence-electron chi connectivity index (χ2n) is 5.44. The van der Waals surface area contributed by atoms with E-state index in [1.165, 1.54) is 22.5 Å². The lowest BCUT2D eigenvalue weighted by atomic mass is 10.0. The lowest BCUT2D eigenvalue weighted by Gasteiger charge is -2.05. The number of hydrogen-bond donors (Lipinski definition) is 1. The van der Waals surface area contributed by atoms with Crippen LogP contribution in [0.15, 0.2) is 42.7 Å². The number of pyridine rings is 1. The van der Waals surface area contributed by atoms with Gasteiger partial charge in [-0.05, 0) is 38.5 Å². The summed E-state index contributed by atoms with van der Waals surface area (Å²) in [4.78, 5) is 21.8. The summed E-state index contributed by atoms with van der Waals surface area (Å²) in [5.74, 6) is -0.195. The van der Waals surface area contributed by atoms with Gasteiger partial charge in [-0.1, -0.05) is 23.8 Å². The van der Waals surface area contributed by atoms with E-state index >= 15 is 0 Å². The maximum atomic E-state index is 12.2. The SMILES string of the molecule is Cc1ccc(-c2nc(NC(=O)c3cccnc3)sc2C)c(C)c1. The van der Waals surface area contributed by atoms with Crippen LogP contribution in [0, 0.1) is 20.8 Å². The molecule has 0 unspecified atom stereocenters. The molecular weight excluding hydrogens is 306 g/mol. The van der Waals surface area contributed by atoms with E-state index in [0.29, 0.717) is 10.7 Å². The van der Waals surface area contributed by atoms with Gasteiger partial charge in [0.05, 0.1) is 11.3 Å². The molecule has 3 aromatic rings. The van der Waals surface area contributed by atoms with Crippen LogP contribution in [-0.4, -0.2) is 15.9 Å². The monoisotopic (exact) mass is 323 g/mol. The zero-order chi connectivity index (χ0) is 16.4. The molecule has 0 atom stereocenters. The minimum Gasteiger partial charge on any atom is -0.298 e. The summed E-state index contributed by atoms with van der Waals surface area (Å²) in [7, 11) is 0. The summed E-state index contributed by atoms with van der Waals surface area (Å²) in [5, 5.41) is 3.45. The highest BCUT2D eigenvalue weighted by Gasteiger charge is 2.14. The smallest absolute Gasteiger partial charge is 0.259 e. The zero-order valence-corrected chi connectivity index (χ0v) is 14.1. The topological polar surface area (TPSA) is 54.9 Å². The summed E-state index contributed by atoms with van der Waals surface area (Å²) < 4.78 is 0. The van der Waals surface area contributed by atoms with Gasteiger partial charge in [0.2, 0.25) is 0 Å². The molecule has 0 fully saturated rings. The van der Waals surface area contributed by atoms with Gasteiger partial charge in [-0.15, -0.1) is 11.3 Å². The number of aryl methyl sites for hydroxylation is 3. The lowest BCUT2D eigenvalue weighted by molar-refractivity contribution is 0.102. The third-order valence-electron chi connectivity index (χ3n) is 3.58. The molecular formula is C18H17N3OS. The molecule has 0 aliphatic carbocycles. The normalized spacial score (nSPS) is 10.6. The Labute approximate surface area is 139 Å². The molecule has 3 rings (SSSR count). The standard InChI is InChI=1S/C18H17N3OS/c1-11-6-7-15(12(2)9-11)16-13(3)23-18(20-16)21-17(22)14-5-4-8-19-10-14/h4-10H,1-3H3,(H,20,21,22). The fraction of sp³-hybridized carbons (Fsp3) is 0.167. The van der Waals surface area contributed by atoms with E-state index in [0.717, 1.165) is 16.1 Å². The molecule has 0 saturated carbocycles. The average Bonchev–Trinajstić information content (AvgIpc) is 2.88. The number of carbonyl (C=O) groups excluding carboxylic acids is 1. The molecule has 116 valence electrons. The van der Waals surface area contributed by atoms with Crippen LogP contribution in [0.2, 0.25) is 0 Å². The van der Waals surface area contributed by atoms with Crippen molar-refractivity contribution in [1.29, 1.82) is 0 Å². The summed E-state index contributed by atoms with van der Waals surface area (Å²) in [6.07, 6.45) is 3.18. The van der Waals surface area contributed by atoms with Gasteiger partial charge in [-0.25, -0.2) is 4.98 Å². The van der Waals surface area contributed by atoms with Gasteiger partial charge < -0.3 is 0 Å². The molecule has 5 heteroatoms. The van der Waals surface area contributed by atoms with E-state index in [1.54, 1.807) is 24.5 Å². The van der Waals surface area contributed by atoms with Gasteiger partial charge in [0.1, 0.15) is 0 Å². The largest absolute Gasteiger partial charge is 0.298 e. The van der Waals surface area contributed by atoms with Gasteiger partial charge in [0, 0.05) is 22.8 Å². The molecule has 0 aliphatic heterocycles. The predicted molar refractivity (Wildman–Crippen MR) is 94.0 cm³/mol. The van der Waals surface area contributed by atoms with Crippen molar-refractivity contribution in [3.63, 3.8) is 0 Å². The second-order valence-corrected chi connectivity index (χ2v) is 6.64. The van der Waals surface area contributed by atoms with Crippen LogP contribution < -0.4 is 5.32 Å². The van der Waals surface area contributed by atoms with Crippen LogP contribution in [0.1, 0.15) is 26.4 Å². The maximum Gasteiger partial charge on any atom is 0.259 e. The molecule has 0 bridgehead atoms. The van der Waals surface area contributed by atoms with Gasteiger partial charge in [-0.2, -0.15) is 0 Å². The van der Waals surface area contributed by atoms with Crippen molar-refractivity contribution in [2.75, 3.05) is 5.32 Å². The van der Waals surface area contributed by atoms with Gasteiger partial charge in [0.25, 0.3) is 5.91 Å². The Morgan fingerprint density at radius 3 is 2.70 bits per heavy atom. The number of amides is 1. The van der Waals surface area contributed by atoms with E-state index < -0.39 is 0 Å². The van der Waals surface area contributed by atoms with Crippen LogP contribution >= 0.6 is 11.3 Å². The van der Waals surface area contributed by atoms with Crippen molar-refractivity contribution in [2.45, 2.75) is 20.8 Å². The molecule has 0 saturated heterocycles. The first kappa shape index (κ1) is 15.4. The number of rotatable bonds is 3. The predicted octanol–water partition coefficient (Wildman–Crippen LogP) is 4.38. The molecule has 0 aliphatic rings.